The Labute approximate surface area is 169 Å². The number of hydrogen-bond acceptors (Lipinski definition) is 4. The van der Waals surface area contributed by atoms with E-state index in [0.717, 1.165) is 25.1 Å². The largest absolute Gasteiger partial charge is 0.511 e. The van der Waals surface area contributed by atoms with Crippen molar-refractivity contribution in [3.05, 3.63) is 17.5 Å². The summed E-state index contributed by atoms with van der Waals surface area (Å²) in [6.45, 7) is 5.52. The van der Waals surface area contributed by atoms with Gasteiger partial charge < -0.3 is 10.6 Å². The third-order valence-electron chi connectivity index (χ3n) is 4.91. The second-order valence-corrected chi connectivity index (χ2v) is 8.99. The molecule has 166 valence electrons. The summed E-state index contributed by atoms with van der Waals surface area (Å²) >= 11 is 0. The molecule has 29 heavy (non-hydrogen) atoms. The number of nitrogens with zero attached hydrogens (tertiary/aromatic N) is 3. The molecule has 8 nitrogen and oxygen atoms in total. The molecule has 2 rings (SSSR count). The molecule has 0 aromatic carbocycles. The third kappa shape index (κ3) is 6.59. The highest BCUT2D eigenvalue weighted by Crippen LogP contribution is 2.30. The molecular formula is C17H29F3N6O2S. The van der Waals surface area contributed by atoms with Crippen molar-refractivity contribution >= 4 is 16.0 Å². The van der Waals surface area contributed by atoms with Gasteiger partial charge >= 0.3 is 15.5 Å². The quantitative estimate of drug-likeness (QED) is 0.326. The van der Waals surface area contributed by atoms with Crippen molar-refractivity contribution in [1.29, 1.82) is 0 Å². The van der Waals surface area contributed by atoms with Crippen LogP contribution < -0.4 is 10.6 Å². The maximum atomic E-state index is 12.6. The third-order valence-corrected chi connectivity index (χ3v) is 6.54. The molecule has 0 radical (unpaired) electrons. The van der Waals surface area contributed by atoms with Gasteiger partial charge in [-0.2, -0.15) is 22.6 Å². The number of aryl methyl sites for hydroxylation is 2. The van der Waals surface area contributed by atoms with Gasteiger partial charge in [0.1, 0.15) is 0 Å². The smallest absolute Gasteiger partial charge is 0.357 e. The number of hydrogen-bond donors (Lipinski definition) is 3. The van der Waals surface area contributed by atoms with E-state index in [1.165, 1.54) is 5.56 Å². The Kier molecular flexibility index (Phi) is 8.32. The lowest BCUT2D eigenvalue weighted by atomic mass is 9.98. The number of rotatable bonds is 8. The lowest BCUT2D eigenvalue weighted by Crippen LogP contribution is -2.45. The first-order valence-electron chi connectivity index (χ1n) is 9.72. The molecule has 0 amide bonds. The number of alkyl halides is 3. The predicted octanol–water partition coefficient (Wildman–Crippen LogP) is 1.77. The van der Waals surface area contributed by atoms with Gasteiger partial charge in [-0.3, -0.25) is 10.1 Å². The number of H-pyrrole nitrogens is 1. The monoisotopic (exact) mass is 438 g/mol. The summed E-state index contributed by atoms with van der Waals surface area (Å²) < 4.78 is 61.4. The van der Waals surface area contributed by atoms with Crippen molar-refractivity contribution in [2.75, 3.05) is 32.7 Å². The fraction of sp³-hybridized carbons (Fsp3) is 0.765. The molecule has 1 fully saturated rings. The van der Waals surface area contributed by atoms with Gasteiger partial charge in [-0.25, -0.2) is 8.42 Å². The zero-order valence-corrected chi connectivity index (χ0v) is 17.5. The number of aromatic amines is 1. The number of aromatic nitrogens is 2. The fourth-order valence-electron chi connectivity index (χ4n) is 3.15. The van der Waals surface area contributed by atoms with E-state index in [0.29, 0.717) is 36.2 Å². The van der Waals surface area contributed by atoms with E-state index in [1.54, 1.807) is 0 Å². The van der Waals surface area contributed by atoms with Crippen LogP contribution in [0.3, 0.4) is 0 Å². The normalized spacial score (nSPS) is 17.5. The number of sulfonamides is 1. The summed E-state index contributed by atoms with van der Waals surface area (Å²) in [5.74, 6) is 0.709. The molecule has 12 heteroatoms. The van der Waals surface area contributed by atoms with Gasteiger partial charge in [0.2, 0.25) is 0 Å². The first-order valence-corrected chi connectivity index (χ1v) is 11.2. The van der Waals surface area contributed by atoms with Crippen LogP contribution in [0.5, 0.6) is 0 Å². The number of nitrogens with one attached hydrogen (secondary N) is 3. The van der Waals surface area contributed by atoms with Crippen molar-refractivity contribution in [2.45, 2.75) is 45.0 Å². The van der Waals surface area contributed by atoms with Crippen LogP contribution in [-0.2, 0) is 16.4 Å². The van der Waals surface area contributed by atoms with Gasteiger partial charge in [-0.15, -0.1) is 0 Å². The summed E-state index contributed by atoms with van der Waals surface area (Å²) in [5, 5.41) is 13.3. The topological polar surface area (TPSA) is 102 Å². The molecule has 0 aliphatic carbocycles. The molecule has 1 aliphatic heterocycles. The first-order chi connectivity index (χ1) is 13.6. The summed E-state index contributed by atoms with van der Waals surface area (Å²) in [6, 6.07) is 0. The molecule has 0 bridgehead atoms. The van der Waals surface area contributed by atoms with Gasteiger partial charge in [0.25, 0.3) is 0 Å². The number of piperidine rings is 1. The molecule has 1 aromatic rings. The summed E-state index contributed by atoms with van der Waals surface area (Å²) in [5.41, 5.74) is -3.01. The van der Waals surface area contributed by atoms with E-state index in [2.05, 4.69) is 25.8 Å². The number of guanidine groups is 1. The van der Waals surface area contributed by atoms with Crippen molar-refractivity contribution in [1.82, 2.24) is 25.1 Å². The van der Waals surface area contributed by atoms with Crippen molar-refractivity contribution in [3.63, 3.8) is 0 Å². The fourth-order valence-corrected chi connectivity index (χ4v) is 4.14. The summed E-state index contributed by atoms with van der Waals surface area (Å²) in [6.07, 6.45) is 4.33. The average Bonchev–Trinajstić information content (AvgIpc) is 3.07. The van der Waals surface area contributed by atoms with Crippen LogP contribution in [0.15, 0.2) is 11.2 Å². The van der Waals surface area contributed by atoms with Crippen LogP contribution in [-0.4, -0.2) is 67.1 Å². The highest BCUT2D eigenvalue weighted by molar-refractivity contribution is 7.90. The predicted molar refractivity (Wildman–Crippen MR) is 105 cm³/mol. The Morgan fingerprint density at radius 2 is 2.03 bits per heavy atom. The summed E-state index contributed by atoms with van der Waals surface area (Å²) in [4.78, 5) is 4.51. The SMILES string of the molecule is CCNC(=NCC1CCN(S(=O)(=O)C(F)(F)F)CC1)NCCCc1cn[nH]c1C. The number of halogens is 3. The van der Waals surface area contributed by atoms with Crippen molar-refractivity contribution < 1.29 is 21.6 Å². The van der Waals surface area contributed by atoms with E-state index in [4.69, 9.17) is 0 Å². The van der Waals surface area contributed by atoms with Crippen LogP contribution in [0.1, 0.15) is 37.4 Å². The number of aliphatic imine (C=N–C) groups is 1. The van der Waals surface area contributed by atoms with Gasteiger partial charge in [-0.05, 0) is 51.0 Å². The first kappa shape index (κ1) is 23.5. The average molecular weight is 439 g/mol. The Hall–Kier alpha value is -1.82. The summed E-state index contributed by atoms with van der Waals surface area (Å²) in [7, 11) is -5.23. The lowest BCUT2D eigenvalue weighted by molar-refractivity contribution is -0.0496. The minimum absolute atomic E-state index is 0.0544. The molecule has 1 saturated heterocycles. The maximum Gasteiger partial charge on any atom is 0.511 e. The lowest BCUT2D eigenvalue weighted by Gasteiger charge is -2.30. The second kappa shape index (κ2) is 10.3. The molecule has 0 saturated carbocycles. The van der Waals surface area contributed by atoms with Crippen LogP contribution in [0.25, 0.3) is 0 Å². The van der Waals surface area contributed by atoms with Crippen LogP contribution >= 0.6 is 0 Å². The van der Waals surface area contributed by atoms with Crippen molar-refractivity contribution in [2.24, 2.45) is 10.9 Å². The minimum Gasteiger partial charge on any atom is -0.357 e. The molecule has 3 N–H and O–H groups in total. The zero-order valence-electron chi connectivity index (χ0n) is 16.7. The Balaban J connectivity index is 1.78. The van der Waals surface area contributed by atoms with E-state index >= 15 is 0 Å². The molecule has 0 spiro atoms. The molecular weight excluding hydrogens is 409 g/mol. The van der Waals surface area contributed by atoms with Crippen LogP contribution in [0.4, 0.5) is 13.2 Å². The zero-order chi connectivity index (χ0) is 21.5. The Morgan fingerprint density at radius 3 is 2.59 bits per heavy atom. The molecule has 2 heterocycles. The molecule has 1 aromatic heterocycles. The van der Waals surface area contributed by atoms with Gasteiger partial charge in [0.15, 0.2) is 5.96 Å². The van der Waals surface area contributed by atoms with Crippen LogP contribution in [0, 0.1) is 12.8 Å². The molecule has 0 atom stereocenters. The standard InChI is InChI=1S/C17H29F3N6O2S/c1-3-21-16(22-8-4-5-15-12-24-25-13(15)2)23-11-14-6-9-26(10-7-14)29(27,28)17(18,19)20/h12,14H,3-11H2,1-2H3,(H,24,25)(H2,21,22,23). The van der Waals surface area contributed by atoms with E-state index in [-0.39, 0.29) is 19.0 Å². The Bertz CT molecular complexity index is 770. The Morgan fingerprint density at radius 1 is 1.34 bits per heavy atom. The van der Waals surface area contributed by atoms with Gasteiger partial charge in [-0.1, -0.05) is 0 Å². The van der Waals surface area contributed by atoms with Gasteiger partial charge in [0, 0.05) is 38.4 Å². The highest BCUT2D eigenvalue weighted by Gasteiger charge is 2.50. The van der Waals surface area contributed by atoms with Gasteiger partial charge in [0.05, 0.1) is 6.20 Å². The molecule has 1 aliphatic rings. The maximum absolute atomic E-state index is 12.6. The van der Waals surface area contributed by atoms with E-state index in [9.17, 15) is 21.6 Å². The van der Waals surface area contributed by atoms with E-state index < -0.39 is 15.5 Å². The van der Waals surface area contributed by atoms with Crippen LogP contribution in [0.2, 0.25) is 0 Å². The molecule has 0 unspecified atom stereocenters. The minimum atomic E-state index is -5.24. The van der Waals surface area contributed by atoms with E-state index in [1.807, 2.05) is 20.0 Å². The van der Waals surface area contributed by atoms with Crippen molar-refractivity contribution in [3.8, 4) is 0 Å². The highest BCUT2D eigenvalue weighted by atomic mass is 32.2. The second-order valence-electron chi connectivity index (χ2n) is 7.06.